The lowest BCUT2D eigenvalue weighted by Crippen LogP contribution is -2.20. The molecule has 0 aliphatic carbocycles. The van der Waals surface area contributed by atoms with E-state index in [4.69, 9.17) is 5.11 Å². The molecule has 0 aromatic carbocycles. The van der Waals surface area contributed by atoms with Gasteiger partial charge in [0.1, 0.15) is 0 Å². The Labute approximate surface area is 77.4 Å². The van der Waals surface area contributed by atoms with Gasteiger partial charge >= 0.3 is 12.2 Å². The molecule has 1 aromatic heterocycles. The predicted molar refractivity (Wildman–Crippen MR) is 39.5 cm³/mol. The van der Waals surface area contributed by atoms with E-state index in [9.17, 15) is 13.2 Å². The highest BCUT2D eigenvalue weighted by molar-refractivity contribution is 5.04. The van der Waals surface area contributed by atoms with Gasteiger partial charge in [0.25, 0.3) is 0 Å². The maximum atomic E-state index is 11.7. The van der Waals surface area contributed by atoms with Crippen LogP contribution in [0.1, 0.15) is 5.69 Å². The highest BCUT2D eigenvalue weighted by Crippen LogP contribution is 2.15. The van der Waals surface area contributed by atoms with E-state index >= 15 is 0 Å². The number of nitrogens with zero attached hydrogens (tertiary/aromatic N) is 2. The Morgan fingerprint density at radius 1 is 1.43 bits per heavy atom. The molecule has 0 aliphatic heterocycles. The van der Waals surface area contributed by atoms with Crippen LogP contribution in [0.5, 0.6) is 6.01 Å². The lowest BCUT2D eigenvalue weighted by molar-refractivity contribution is -0.154. The van der Waals surface area contributed by atoms with Crippen LogP contribution in [-0.4, -0.2) is 27.9 Å². The third-order valence-electron chi connectivity index (χ3n) is 1.22. The maximum Gasteiger partial charge on any atom is 0.422 e. The van der Waals surface area contributed by atoms with Crippen molar-refractivity contribution in [2.75, 3.05) is 6.61 Å². The SMILES string of the molecule is OCc1ccnc(OCC(F)(F)F)n1. The first kappa shape index (κ1) is 10.7. The molecule has 0 atom stereocenters. The van der Waals surface area contributed by atoms with Gasteiger partial charge in [0.2, 0.25) is 0 Å². The standard InChI is InChI=1S/C7H7F3N2O2/c8-7(9,10)4-14-6-11-2-1-5(3-13)12-6/h1-2,13H,3-4H2. The molecule has 1 rings (SSSR count). The van der Waals surface area contributed by atoms with Crippen molar-refractivity contribution in [2.24, 2.45) is 0 Å². The van der Waals surface area contributed by atoms with Crippen molar-refractivity contribution in [3.05, 3.63) is 18.0 Å². The number of hydrogen-bond acceptors (Lipinski definition) is 4. The Hall–Kier alpha value is -1.37. The second-order valence-corrected chi connectivity index (χ2v) is 2.39. The van der Waals surface area contributed by atoms with Crippen molar-refractivity contribution in [2.45, 2.75) is 12.8 Å². The number of alkyl halides is 3. The van der Waals surface area contributed by atoms with Gasteiger partial charge in [0.15, 0.2) is 6.61 Å². The van der Waals surface area contributed by atoms with Crippen LogP contribution in [0.25, 0.3) is 0 Å². The summed E-state index contributed by atoms with van der Waals surface area (Å²) >= 11 is 0. The Balaban J connectivity index is 2.59. The zero-order valence-corrected chi connectivity index (χ0v) is 6.95. The van der Waals surface area contributed by atoms with E-state index in [2.05, 4.69) is 14.7 Å². The second kappa shape index (κ2) is 4.23. The average molecular weight is 208 g/mol. The Morgan fingerprint density at radius 2 is 2.14 bits per heavy atom. The van der Waals surface area contributed by atoms with Crippen LogP contribution in [0.2, 0.25) is 0 Å². The number of ether oxygens (including phenoxy) is 1. The maximum absolute atomic E-state index is 11.7. The minimum absolute atomic E-state index is 0.206. The summed E-state index contributed by atoms with van der Waals surface area (Å²) in [5.74, 6) is 0. The average Bonchev–Trinajstić information content (AvgIpc) is 2.14. The molecule has 0 radical (unpaired) electrons. The monoisotopic (exact) mass is 208 g/mol. The summed E-state index contributed by atoms with van der Waals surface area (Å²) in [4.78, 5) is 6.96. The highest BCUT2D eigenvalue weighted by Gasteiger charge is 2.28. The molecule has 1 heterocycles. The first-order valence-corrected chi connectivity index (χ1v) is 3.63. The highest BCUT2D eigenvalue weighted by atomic mass is 19.4. The zero-order chi connectivity index (χ0) is 10.6. The van der Waals surface area contributed by atoms with Crippen molar-refractivity contribution in [1.29, 1.82) is 0 Å². The van der Waals surface area contributed by atoms with E-state index in [0.717, 1.165) is 0 Å². The molecule has 0 spiro atoms. The summed E-state index contributed by atoms with van der Waals surface area (Å²) in [6.07, 6.45) is -3.21. The van der Waals surface area contributed by atoms with Crippen LogP contribution in [0, 0.1) is 0 Å². The number of aliphatic hydroxyl groups excluding tert-OH is 1. The molecule has 0 bridgehead atoms. The molecule has 78 valence electrons. The van der Waals surface area contributed by atoms with Gasteiger partial charge in [-0.25, -0.2) is 4.98 Å². The Kier molecular flexibility index (Phi) is 3.23. The van der Waals surface area contributed by atoms with Crippen molar-refractivity contribution >= 4 is 0 Å². The fourth-order valence-corrected chi connectivity index (χ4v) is 0.680. The van der Waals surface area contributed by atoms with Gasteiger partial charge in [-0.15, -0.1) is 0 Å². The van der Waals surface area contributed by atoms with Gasteiger partial charge in [0, 0.05) is 6.20 Å². The molecule has 0 fully saturated rings. The first-order valence-electron chi connectivity index (χ1n) is 3.63. The van der Waals surface area contributed by atoms with Crippen molar-refractivity contribution < 1.29 is 23.0 Å². The van der Waals surface area contributed by atoms with Crippen LogP contribution >= 0.6 is 0 Å². The molecule has 0 saturated carbocycles. The molecular formula is C7H7F3N2O2. The zero-order valence-electron chi connectivity index (χ0n) is 6.95. The number of rotatable bonds is 3. The summed E-state index contributed by atoms with van der Waals surface area (Å²) in [7, 11) is 0. The largest absolute Gasteiger partial charge is 0.454 e. The molecule has 0 amide bonds. The van der Waals surface area contributed by atoms with E-state index in [-0.39, 0.29) is 12.3 Å². The smallest absolute Gasteiger partial charge is 0.422 e. The van der Waals surface area contributed by atoms with Crippen LogP contribution in [0.4, 0.5) is 13.2 Å². The van der Waals surface area contributed by atoms with Crippen molar-refractivity contribution in [3.63, 3.8) is 0 Å². The fourth-order valence-electron chi connectivity index (χ4n) is 0.680. The predicted octanol–water partition coefficient (Wildman–Crippen LogP) is 0.910. The second-order valence-electron chi connectivity index (χ2n) is 2.39. The normalized spacial score (nSPS) is 11.4. The third kappa shape index (κ3) is 3.56. The van der Waals surface area contributed by atoms with Gasteiger partial charge in [-0.1, -0.05) is 0 Å². The lowest BCUT2D eigenvalue weighted by Gasteiger charge is -2.07. The molecular weight excluding hydrogens is 201 g/mol. The topological polar surface area (TPSA) is 55.2 Å². The summed E-state index contributed by atoms with van der Waals surface area (Å²) in [5.41, 5.74) is 0.206. The van der Waals surface area contributed by atoms with Crippen LogP contribution in [0.15, 0.2) is 12.3 Å². The summed E-state index contributed by atoms with van der Waals surface area (Å²) < 4.78 is 39.3. The number of hydrogen-bond donors (Lipinski definition) is 1. The van der Waals surface area contributed by atoms with Crippen LogP contribution < -0.4 is 4.74 Å². The minimum Gasteiger partial charge on any atom is -0.454 e. The minimum atomic E-state index is -4.42. The van der Waals surface area contributed by atoms with Crippen LogP contribution in [0.3, 0.4) is 0 Å². The van der Waals surface area contributed by atoms with Crippen molar-refractivity contribution in [3.8, 4) is 6.01 Å². The number of aromatic nitrogens is 2. The van der Waals surface area contributed by atoms with E-state index in [1.54, 1.807) is 0 Å². The van der Waals surface area contributed by atoms with Gasteiger partial charge in [-0.2, -0.15) is 18.2 Å². The van der Waals surface area contributed by atoms with Gasteiger partial charge < -0.3 is 9.84 Å². The van der Waals surface area contributed by atoms with Crippen molar-refractivity contribution in [1.82, 2.24) is 9.97 Å². The third-order valence-corrected chi connectivity index (χ3v) is 1.22. The summed E-state index contributed by atoms with van der Waals surface area (Å²) in [6, 6.07) is 0.981. The summed E-state index contributed by atoms with van der Waals surface area (Å²) in [5, 5.41) is 8.62. The molecule has 1 N–H and O–H groups in total. The van der Waals surface area contributed by atoms with Gasteiger partial charge in [0.05, 0.1) is 12.3 Å². The van der Waals surface area contributed by atoms with Crippen LogP contribution in [-0.2, 0) is 6.61 Å². The molecule has 0 saturated heterocycles. The van der Waals surface area contributed by atoms with Gasteiger partial charge in [-0.3, -0.25) is 0 Å². The quantitative estimate of drug-likeness (QED) is 0.802. The van der Waals surface area contributed by atoms with E-state index in [0.29, 0.717) is 0 Å². The lowest BCUT2D eigenvalue weighted by atomic mass is 10.4. The molecule has 1 aromatic rings. The Bertz CT molecular complexity index is 303. The first-order chi connectivity index (χ1) is 6.51. The molecule has 0 unspecified atom stereocenters. The number of halogens is 3. The molecule has 4 nitrogen and oxygen atoms in total. The Morgan fingerprint density at radius 3 is 2.71 bits per heavy atom. The van der Waals surface area contributed by atoms with E-state index in [1.165, 1.54) is 12.3 Å². The van der Waals surface area contributed by atoms with E-state index in [1.807, 2.05) is 0 Å². The van der Waals surface area contributed by atoms with E-state index < -0.39 is 18.8 Å². The fraction of sp³-hybridized carbons (Fsp3) is 0.429. The molecule has 7 heteroatoms. The number of aliphatic hydroxyl groups is 1. The molecule has 14 heavy (non-hydrogen) atoms. The summed E-state index contributed by atoms with van der Waals surface area (Å²) in [6.45, 7) is -1.81. The van der Waals surface area contributed by atoms with Gasteiger partial charge in [-0.05, 0) is 6.07 Å². The molecule has 0 aliphatic rings.